The molecule has 0 heterocycles. The van der Waals surface area contributed by atoms with Crippen molar-refractivity contribution < 1.29 is 4.79 Å². The highest BCUT2D eigenvalue weighted by Gasteiger charge is 2.13. The van der Waals surface area contributed by atoms with Gasteiger partial charge in [0.25, 0.3) is 0 Å². The predicted octanol–water partition coefficient (Wildman–Crippen LogP) is 5.52. The van der Waals surface area contributed by atoms with Gasteiger partial charge in [0.05, 0.1) is 0 Å². The molecule has 0 aliphatic carbocycles. The third kappa shape index (κ3) is 8.05. The van der Waals surface area contributed by atoms with Crippen LogP contribution in [0.25, 0.3) is 0 Å². The second-order valence-corrected chi connectivity index (χ2v) is 4.19. The fourth-order valence-corrected chi connectivity index (χ4v) is 1.56. The minimum atomic E-state index is 0.0839. The van der Waals surface area contributed by atoms with E-state index in [1.54, 1.807) is 6.92 Å². The van der Waals surface area contributed by atoms with E-state index in [1.165, 1.54) is 12.0 Å². The monoisotopic (exact) mass is 250 g/mol. The molecule has 1 rings (SSSR count). The number of ketones is 1. The van der Waals surface area contributed by atoms with Gasteiger partial charge in [-0.05, 0) is 25.8 Å². The maximum Gasteiger partial charge on any atom is 0.137 e. The van der Waals surface area contributed by atoms with Gasteiger partial charge < -0.3 is 0 Å². The third-order valence-electron chi connectivity index (χ3n) is 2.38. The SMILES string of the molecule is CC.CCC.CCC(C(C)=O)c1ccc(C)cc1. The van der Waals surface area contributed by atoms with Gasteiger partial charge in [-0.2, -0.15) is 0 Å². The van der Waals surface area contributed by atoms with Crippen LogP contribution in [0.1, 0.15) is 71.4 Å². The maximum absolute atomic E-state index is 11.3. The van der Waals surface area contributed by atoms with Gasteiger partial charge in [0.2, 0.25) is 0 Å². The average Bonchev–Trinajstić information content (AvgIpc) is 2.35. The summed E-state index contributed by atoms with van der Waals surface area (Å²) in [7, 11) is 0. The summed E-state index contributed by atoms with van der Waals surface area (Å²) in [4.78, 5) is 11.3. The third-order valence-corrected chi connectivity index (χ3v) is 2.38. The molecule has 1 unspecified atom stereocenters. The van der Waals surface area contributed by atoms with E-state index in [4.69, 9.17) is 0 Å². The molecule has 18 heavy (non-hydrogen) atoms. The molecule has 0 bridgehead atoms. The maximum atomic E-state index is 11.3. The van der Waals surface area contributed by atoms with Crippen molar-refractivity contribution in [2.24, 2.45) is 0 Å². The van der Waals surface area contributed by atoms with Gasteiger partial charge in [-0.25, -0.2) is 0 Å². The molecule has 1 aromatic rings. The van der Waals surface area contributed by atoms with Crippen molar-refractivity contribution in [2.45, 2.75) is 67.2 Å². The summed E-state index contributed by atoms with van der Waals surface area (Å²) in [5, 5.41) is 0. The molecule has 1 atom stereocenters. The Morgan fingerprint density at radius 3 is 1.72 bits per heavy atom. The van der Waals surface area contributed by atoms with Crippen LogP contribution in [-0.4, -0.2) is 5.78 Å². The van der Waals surface area contributed by atoms with Crippen LogP contribution in [0.2, 0.25) is 0 Å². The Bertz CT molecular complexity index is 298. The number of hydrogen-bond acceptors (Lipinski definition) is 1. The van der Waals surface area contributed by atoms with Crippen LogP contribution in [0.15, 0.2) is 24.3 Å². The van der Waals surface area contributed by atoms with Crippen molar-refractivity contribution >= 4 is 5.78 Å². The van der Waals surface area contributed by atoms with Crippen molar-refractivity contribution in [1.82, 2.24) is 0 Å². The van der Waals surface area contributed by atoms with E-state index in [0.717, 1.165) is 12.0 Å². The lowest BCUT2D eigenvalue weighted by Gasteiger charge is -2.11. The van der Waals surface area contributed by atoms with E-state index in [-0.39, 0.29) is 11.7 Å². The second-order valence-electron chi connectivity index (χ2n) is 4.19. The smallest absolute Gasteiger partial charge is 0.137 e. The van der Waals surface area contributed by atoms with Crippen LogP contribution in [0.3, 0.4) is 0 Å². The Balaban J connectivity index is 0. The molecular formula is C17H30O. The number of carbonyl (C=O) groups is 1. The first kappa shape index (κ1) is 19.2. The lowest BCUT2D eigenvalue weighted by molar-refractivity contribution is -0.118. The quantitative estimate of drug-likeness (QED) is 0.690. The van der Waals surface area contributed by atoms with Crippen molar-refractivity contribution in [3.63, 3.8) is 0 Å². The summed E-state index contributed by atoms with van der Waals surface area (Å²) in [5.74, 6) is 0.340. The Labute approximate surface area is 114 Å². The molecule has 0 amide bonds. The van der Waals surface area contributed by atoms with E-state index in [9.17, 15) is 4.79 Å². The molecular weight excluding hydrogens is 220 g/mol. The van der Waals surface area contributed by atoms with Crippen LogP contribution < -0.4 is 0 Å². The molecule has 1 heteroatoms. The summed E-state index contributed by atoms with van der Waals surface area (Å²) >= 11 is 0. The molecule has 0 fully saturated rings. The lowest BCUT2D eigenvalue weighted by atomic mass is 9.92. The van der Waals surface area contributed by atoms with E-state index in [2.05, 4.69) is 32.9 Å². The van der Waals surface area contributed by atoms with E-state index < -0.39 is 0 Å². The normalized spacial score (nSPS) is 10.4. The van der Waals surface area contributed by atoms with Crippen molar-refractivity contribution in [3.05, 3.63) is 35.4 Å². The molecule has 0 radical (unpaired) electrons. The van der Waals surface area contributed by atoms with Crippen LogP contribution in [0.5, 0.6) is 0 Å². The first-order valence-electron chi connectivity index (χ1n) is 7.13. The molecule has 0 spiro atoms. The lowest BCUT2D eigenvalue weighted by Crippen LogP contribution is -2.07. The zero-order chi connectivity index (χ0) is 14.6. The van der Waals surface area contributed by atoms with Gasteiger partial charge in [-0.3, -0.25) is 4.79 Å². The van der Waals surface area contributed by atoms with Crippen LogP contribution in [0, 0.1) is 6.92 Å². The van der Waals surface area contributed by atoms with Gasteiger partial charge in [-0.15, -0.1) is 0 Å². The number of Topliss-reactive ketones (excluding diaryl/α,β-unsaturated/α-hetero) is 1. The number of benzene rings is 1. The number of aryl methyl sites for hydroxylation is 1. The second kappa shape index (κ2) is 12.3. The molecule has 0 saturated heterocycles. The molecule has 0 aliphatic rings. The van der Waals surface area contributed by atoms with Crippen molar-refractivity contribution in [1.29, 1.82) is 0 Å². The molecule has 104 valence electrons. The molecule has 1 nitrogen and oxygen atoms in total. The number of carbonyl (C=O) groups excluding carboxylic acids is 1. The fourth-order valence-electron chi connectivity index (χ4n) is 1.56. The topological polar surface area (TPSA) is 17.1 Å². The predicted molar refractivity (Wildman–Crippen MR) is 82.2 cm³/mol. The van der Waals surface area contributed by atoms with E-state index in [1.807, 2.05) is 32.9 Å². The van der Waals surface area contributed by atoms with Crippen molar-refractivity contribution in [2.75, 3.05) is 0 Å². The first-order chi connectivity index (χ1) is 8.56. The zero-order valence-electron chi connectivity index (χ0n) is 13.2. The Hall–Kier alpha value is -1.11. The van der Waals surface area contributed by atoms with Crippen LogP contribution >= 0.6 is 0 Å². The summed E-state index contributed by atoms with van der Waals surface area (Å²) in [6.07, 6.45) is 2.14. The van der Waals surface area contributed by atoms with Gasteiger partial charge in [0.1, 0.15) is 5.78 Å². The highest BCUT2D eigenvalue weighted by atomic mass is 16.1. The Kier molecular flexibility index (Phi) is 13.2. The zero-order valence-corrected chi connectivity index (χ0v) is 13.2. The molecule has 0 N–H and O–H groups in total. The van der Waals surface area contributed by atoms with E-state index in [0.29, 0.717) is 0 Å². The summed E-state index contributed by atoms with van der Waals surface area (Å²) in [6.45, 7) is 14.0. The van der Waals surface area contributed by atoms with Crippen LogP contribution in [0.4, 0.5) is 0 Å². The largest absolute Gasteiger partial charge is 0.299 e. The molecule has 0 aliphatic heterocycles. The number of hydrogen-bond donors (Lipinski definition) is 0. The summed E-state index contributed by atoms with van der Waals surface area (Å²) < 4.78 is 0. The standard InChI is InChI=1S/C12H16O.C3H8.C2H6/c1-4-12(10(3)13)11-7-5-9(2)6-8-11;1-3-2;1-2/h5-8,12H,4H2,1-3H3;3H2,1-2H3;1-2H3. The summed E-state index contributed by atoms with van der Waals surface area (Å²) in [5.41, 5.74) is 2.38. The highest BCUT2D eigenvalue weighted by molar-refractivity contribution is 5.83. The van der Waals surface area contributed by atoms with Gasteiger partial charge in [-0.1, -0.05) is 70.9 Å². The minimum absolute atomic E-state index is 0.0839. The number of rotatable bonds is 3. The fraction of sp³-hybridized carbons (Fsp3) is 0.588. The van der Waals surface area contributed by atoms with Gasteiger partial charge in [0, 0.05) is 5.92 Å². The first-order valence-corrected chi connectivity index (χ1v) is 7.13. The Morgan fingerprint density at radius 1 is 1.06 bits per heavy atom. The molecule has 1 aromatic carbocycles. The highest BCUT2D eigenvalue weighted by Crippen LogP contribution is 2.20. The summed E-state index contributed by atoms with van der Waals surface area (Å²) in [6, 6.07) is 8.21. The van der Waals surface area contributed by atoms with Crippen LogP contribution in [-0.2, 0) is 4.79 Å². The van der Waals surface area contributed by atoms with Crippen molar-refractivity contribution in [3.8, 4) is 0 Å². The minimum Gasteiger partial charge on any atom is -0.299 e. The average molecular weight is 250 g/mol. The van der Waals surface area contributed by atoms with E-state index >= 15 is 0 Å². The van der Waals surface area contributed by atoms with Gasteiger partial charge in [0.15, 0.2) is 0 Å². The van der Waals surface area contributed by atoms with Gasteiger partial charge >= 0.3 is 0 Å². The molecule has 0 aromatic heterocycles. The Morgan fingerprint density at radius 2 is 1.44 bits per heavy atom. The molecule has 0 saturated carbocycles.